The molecule has 28 heavy (non-hydrogen) atoms. The molecule has 1 aromatic carbocycles. The molecule has 3 aromatic rings. The second-order valence-corrected chi connectivity index (χ2v) is 7.96. The fraction of sp³-hybridized carbons (Fsp3) is 0.235. The van der Waals surface area contributed by atoms with Crippen LogP contribution in [0.3, 0.4) is 0 Å². The number of benzene rings is 1. The molecular formula is C17H16FN5O3S2. The van der Waals surface area contributed by atoms with E-state index >= 15 is 0 Å². The summed E-state index contributed by atoms with van der Waals surface area (Å²) in [6, 6.07) is 7.11. The van der Waals surface area contributed by atoms with Crippen LogP contribution in [0.1, 0.15) is 13.8 Å². The Labute approximate surface area is 167 Å². The first kappa shape index (κ1) is 20.0. The molecule has 146 valence electrons. The minimum absolute atomic E-state index is 0.154. The van der Waals surface area contributed by atoms with Gasteiger partial charge in [-0.25, -0.2) is 0 Å². The molecule has 0 unspecified atom stereocenters. The molecule has 2 aromatic heterocycles. The topological polar surface area (TPSA) is 103 Å². The predicted octanol–water partition coefficient (Wildman–Crippen LogP) is 4.19. The maximum Gasteiger partial charge on any atom is 0.306 e. The van der Waals surface area contributed by atoms with Crippen molar-refractivity contribution in [2.24, 2.45) is 0 Å². The third kappa shape index (κ3) is 4.20. The van der Waals surface area contributed by atoms with Crippen molar-refractivity contribution in [3.05, 3.63) is 51.6 Å². The molecule has 0 fully saturated rings. The lowest BCUT2D eigenvalue weighted by Crippen LogP contribution is -2.23. The number of thioether (sulfide) groups is 1. The Morgan fingerprint density at radius 2 is 2.21 bits per heavy atom. The second kappa shape index (κ2) is 8.48. The number of carbonyl (C=O) groups is 1. The summed E-state index contributed by atoms with van der Waals surface area (Å²) in [5, 5.41) is 23.8. The van der Waals surface area contributed by atoms with E-state index in [9.17, 15) is 19.3 Å². The second-order valence-electron chi connectivity index (χ2n) is 5.70. The maximum absolute atomic E-state index is 13.4. The minimum atomic E-state index is -0.956. The summed E-state index contributed by atoms with van der Waals surface area (Å²) in [5.74, 6) is -0.599. The highest BCUT2D eigenvalue weighted by Gasteiger charge is 2.22. The number of hydrogen-bond acceptors (Lipinski definition) is 7. The first-order valence-corrected chi connectivity index (χ1v) is 10.0. The van der Waals surface area contributed by atoms with Crippen molar-refractivity contribution < 1.29 is 14.1 Å². The van der Waals surface area contributed by atoms with Crippen LogP contribution in [0.5, 0.6) is 0 Å². The monoisotopic (exact) mass is 421 g/mol. The number of nitrogens with one attached hydrogen (secondary N) is 1. The Balaban J connectivity index is 1.73. The number of thiophene rings is 1. The van der Waals surface area contributed by atoms with Crippen LogP contribution in [-0.2, 0) is 11.3 Å². The van der Waals surface area contributed by atoms with Crippen molar-refractivity contribution in [2.45, 2.75) is 30.8 Å². The van der Waals surface area contributed by atoms with E-state index in [1.807, 2.05) is 29.0 Å². The van der Waals surface area contributed by atoms with Gasteiger partial charge in [-0.2, -0.15) is 4.39 Å². The molecule has 0 saturated carbocycles. The summed E-state index contributed by atoms with van der Waals surface area (Å²) in [4.78, 5) is 23.5. The van der Waals surface area contributed by atoms with Crippen LogP contribution >= 0.6 is 23.1 Å². The predicted molar refractivity (Wildman–Crippen MR) is 106 cm³/mol. The molecule has 1 atom stereocenters. The van der Waals surface area contributed by atoms with Gasteiger partial charge in [0.05, 0.1) is 15.1 Å². The number of carbonyl (C=O) groups excluding carboxylic acids is 1. The first-order valence-electron chi connectivity index (χ1n) is 8.29. The normalized spacial score (nSPS) is 12.0. The van der Waals surface area contributed by atoms with Gasteiger partial charge >= 0.3 is 5.69 Å². The summed E-state index contributed by atoms with van der Waals surface area (Å²) < 4.78 is 15.4. The number of halogens is 1. The fourth-order valence-corrected chi connectivity index (χ4v) is 4.07. The summed E-state index contributed by atoms with van der Waals surface area (Å²) in [7, 11) is 0. The van der Waals surface area contributed by atoms with Gasteiger partial charge in [0.25, 0.3) is 0 Å². The summed E-state index contributed by atoms with van der Waals surface area (Å²) in [5.41, 5.74) is -0.536. The number of nitro groups is 1. The lowest BCUT2D eigenvalue weighted by molar-refractivity contribution is -0.387. The van der Waals surface area contributed by atoms with Gasteiger partial charge in [-0.1, -0.05) is 17.8 Å². The maximum atomic E-state index is 13.4. The van der Waals surface area contributed by atoms with E-state index in [4.69, 9.17) is 0 Å². The molecule has 0 aliphatic heterocycles. The number of hydrogen-bond donors (Lipinski definition) is 1. The van der Waals surface area contributed by atoms with E-state index in [1.54, 1.807) is 18.3 Å². The first-order chi connectivity index (χ1) is 13.4. The summed E-state index contributed by atoms with van der Waals surface area (Å²) >= 11 is 2.78. The van der Waals surface area contributed by atoms with Crippen molar-refractivity contribution in [1.29, 1.82) is 0 Å². The highest BCUT2D eigenvalue weighted by molar-refractivity contribution is 8.00. The van der Waals surface area contributed by atoms with Crippen LogP contribution in [-0.4, -0.2) is 30.8 Å². The molecule has 1 amide bonds. The zero-order chi connectivity index (χ0) is 20.3. The van der Waals surface area contributed by atoms with Crippen LogP contribution in [0.15, 0.2) is 40.9 Å². The number of aromatic nitrogens is 3. The molecule has 8 nitrogen and oxygen atoms in total. The third-order valence-electron chi connectivity index (χ3n) is 3.84. The zero-order valence-electron chi connectivity index (χ0n) is 15.0. The Morgan fingerprint density at radius 3 is 2.86 bits per heavy atom. The Bertz CT molecular complexity index is 1010. The molecular weight excluding hydrogens is 405 g/mol. The van der Waals surface area contributed by atoms with E-state index < -0.39 is 21.7 Å². The van der Waals surface area contributed by atoms with Gasteiger partial charge in [-0.15, -0.1) is 21.5 Å². The van der Waals surface area contributed by atoms with Crippen molar-refractivity contribution >= 4 is 40.4 Å². The van der Waals surface area contributed by atoms with Gasteiger partial charge in [-0.05, 0) is 37.4 Å². The smallest absolute Gasteiger partial charge is 0.306 e. The quantitative estimate of drug-likeness (QED) is 0.348. The highest BCUT2D eigenvalue weighted by atomic mass is 32.2. The molecule has 0 aliphatic carbocycles. The van der Waals surface area contributed by atoms with E-state index in [0.29, 0.717) is 11.7 Å². The largest absolute Gasteiger partial charge is 0.325 e. The molecule has 0 radical (unpaired) electrons. The standard InChI is InChI=1S/C17H16FN5O3S2/c1-3-22-15(14-5-4-8-27-14)20-21-17(22)28-10(2)16(24)19-11-6-7-12(18)13(9-11)23(25)26/h4-10H,3H2,1-2H3,(H,19,24)/t10-/m1/s1. The molecule has 11 heteroatoms. The highest BCUT2D eigenvalue weighted by Crippen LogP contribution is 2.30. The molecule has 0 spiro atoms. The van der Waals surface area contributed by atoms with Gasteiger partial charge in [0.2, 0.25) is 11.7 Å². The van der Waals surface area contributed by atoms with E-state index in [2.05, 4.69) is 15.5 Å². The Kier molecular flexibility index (Phi) is 6.05. The minimum Gasteiger partial charge on any atom is -0.325 e. The fourth-order valence-electron chi connectivity index (χ4n) is 2.43. The van der Waals surface area contributed by atoms with Gasteiger partial charge in [0.15, 0.2) is 11.0 Å². The van der Waals surface area contributed by atoms with Gasteiger partial charge in [-0.3, -0.25) is 14.9 Å². The molecule has 0 aliphatic rings. The lowest BCUT2D eigenvalue weighted by Gasteiger charge is -2.12. The average Bonchev–Trinajstić information content (AvgIpc) is 3.32. The lowest BCUT2D eigenvalue weighted by atomic mass is 10.2. The number of nitrogens with zero attached hydrogens (tertiary/aromatic N) is 4. The van der Waals surface area contributed by atoms with Gasteiger partial charge in [0, 0.05) is 18.3 Å². The van der Waals surface area contributed by atoms with Crippen LogP contribution in [0, 0.1) is 15.9 Å². The van der Waals surface area contributed by atoms with Crippen molar-refractivity contribution in [3.63, 3.8) is 0 Å². The third-order valence-corrected chi connectivity index (χ3v) is 5.78. The average molecular weight is 421 g/mol. The van der Waals surface area contributed by atoms with E-state index in [1.165, 1.54) is 17.8 Å². The Morgan fingerprint density at radius 1 is 1.43 bits per heavy atom. The van der Waals surface area contributed by atoms with Gasteiger partial charge < -0.3 is 9.88 Å². The number of amides is 1. The summed E-state index contributed by atoms with van der Waals surface area (Å²) in [6.45, 7) is 4.30. The van der Waals surface area contributed by atoms with Crippen molar-refractivity contribution in [3.8, 4) is 10.7 Å². The van der Waals surface area contributed by atoms with E-state index in [0.717, 1.165) is 22.8 Å². The number of anilines is 1. The van der Waals surface area contributed by atoms with Crippen LogP contribution in [0.4, 0.5) is 15.8 Å². The van der Waals surface area contributed by atoms with Crippen molar-refractivity contribution in [2.75, 3.05) is 5.32 Å². The molecule has 2 heterocycles. The summed E-state index contributed by atoms with van der Waals surface area (Å²) in [6.07, 6.45) is 0. The number of rotatable bonds is 7. The van der Waals surface area contributed by atoms with Crippen LogP contribution in [0.2, 0.25) is 0 Å². The SMILES string of the molecule is CCn1c(S[C@H](C)C(=O)Nc2ccc(F)c([N+](=O)[O-])c2)nnc1-c1cccs1. The van der Waals surface area contributed by atoms with Crippen LogP contribution < -0.4 is 5.32 Å². The van der Waals surface area contributed by atoms with Crippen LogP contribution in [0.25, 0.3) is 10.7 Å². The van der Waals surface area contributed by atoms with Crippen molar-refractivity contribution in [1.82, 2.24) is 14.8 Å². The molecule has 0 bridgehead atoms. The molecule has 0 saturated heterocycles. The zero-order valence-corrected chi connectivity index (χ0v) is 16.6. The Hall–Kier alpha value is -2.79. The molecule has 1 N–H and O–H groups in total. The van der Waals surface area contributed by atoms with Gasteiger partial charge in [0.1, 0.15) is 0 Å². The molecule has 3 rings (SSSR count). The van der Waals surface area contributed by atoms with E-state index in [-0.39, 0.29) is 11.6 Å². The number of nitro benzene ring substituents is 1.